The maximum Gasteiger partial charge on any atom is 0.238 e. The second kappa shape index (κ2) is 5.90. The van der Waals surface area contributed by atoms with Gasteiger partial charge in [-0.05, 0) is 17.7 Å². The highest BCUT2D eigenvalue weighted by molar-refractivity contribution is 7.89. The van der Waals surface area contributed by atoms with Gasteiger partial charge in [-0.3, -0.25) is 4.79 Å². The topological polar surface area (TPSA) is 89.3 Å². The lowest BCUT2D eigenvalue weighted by atomic mass is 10.2. The number of hydrogen-bond donors (Lipinski definition) is 2. The fourth-order valence-corrected chi connectivity index (χ4v) is 1.78. The number of primary sulfonamides is 1. The van der Waals surface area contributed by atoms with Crippen LogP contribution in [0.2, 0.25) is 0 Å². The zero-order valence-electron chi connectivity index (χ0n) is 9.64. The third-order valence-corrected chi connectivity index (χ3v) is 3.23. The van der Waals surface area contributed by atoms with Crippen molar-refractivity contribution < 1.29 is 13.2 Å². The molecule has 0 atom stereocenters. The van der Waals surface area contributed by atoms with Crippen LogP contribution in [0.3, 0.4) is 0 Å². The first-order valence-electron chi connectivity index (χ1n) is 5.27. The number of sulfonamides is 1. The Bertz CT molecular complexity index is 480. The van der Waals surface area contributed by atoms with Gasteiger partial charge in [-0.25, -0.2) is 13.6 Å². The van der Waals surface area contributed by atoms with Gasteiger partial charge >= 0.3 is 0 Å². The third-order valence-electron chi connectivity index (χ3n) is 2.30. The van der Waals surface area contributed by atoms with E-state index in [2.05, 4.69) is 5.32 Å². The monoisotopic (exact) mass is 256 g/mol. The molecule has 0 heterocycles. The Morgan fingerprint density at radius 2 is 1.88 bits per heavy atom. The van der Waals surface area contributed by atoms with Crippen molar-refractivity contribution in [1.82, 2.24) is 5.32 Å². The fourth-order valence-electron chi connectivity index (χ4n) is 1.27. The average Bonchev–Trinajstić information content (AvgIpc) is 2.28. The number of benzene rings is 1. The van der Waals surface area contributed by atoms with Gasteiger partial charge in [0, 0.05) is 13.0 Å². The van der Waals surface area contributed by atoms with E-state index in [1.807, 2.05) is 6.92 Å². The number of nitrogens with two attached hydrogens (primary N) is 1. The number of hydrogen-bond acceptors (Lipinski definition) is 4. The highest BCUT2D eigenvalue weighted by Gasteiger charge is 2.06. The van der Waals surface area contributed by atoms with E-state index in [4.69, 9.17) is 5.14 Å². The highest BCUT2D eigenvalue weighted by Crippen LogP contribution is 2.08. The molecule has 0 saturated heterocycles. The van der Waals surface area contributed by atoms with Gasteiger partial charge in [-0.1, -0.05) is 19.1 Å². The molecule has 0 bridgehead atoms. The zero-order valence-corrected chi connectivity index (χ0v) is 10.5. The molecule has 17 heavy (non-hydrogen) atoms. The lowest BCUT2D eigenvalue weighted by molar-refractivity contribution is -0.117. The van der Waals surface area contributed by atoms with E-state index >= 15 is 0 Å². The molecular formula is C11H16N2O3S. The van der Waals surface area contributed by atoms with Crippen LogP contribution in [-0.4, -0.2) is 20.7 Å². The molecule has 0 saturated carbocycles. The van der Waals surface area contributed by atoms with E-state index in [0.29, 0.717) is 19.5 Å². The summed E-state index contributed by atoms with van der Waals surface area (Å²) in [7, 11) is -3.63. The van der Waals surface area contributed by atoms with Gasteiger partial charge in [0.25, 0.3) is 0 Å². The summed E-state index contributed by atoms with van der Waals surface area (Å²) in [6.45, 7) is 2.66. The zero-order chi connectivity index (χ0) is 12.9. The van der Waals surface area contributed by atoms with Crippen LogP contribution in [0.15, 0.2) is 29.2 Å². The van der Waals surface area contributed by atoms with Gasteiger partial charge in [-0.15, -0.1) is 0 Å². The Balaban J connectivity index is 2.55. The third kappa shape index (κ3) is 4.64. The molecule has 1 rings (SSSR count). The molecule has 3 N–H and O–H groups in total. The van der Waals surface area contributed by atoms with Crippen molar-refractivity contribution in [3.8, 4) is 0 Å². The minimum Gasteiger partial charge on any atom is -0.306 e. The van der Waals surface area contributed by atoms with E-state index in [-0.39, 0.29) is 10.7 Å². The van der Waals surface area contributed by atoms with Gasteiger partial charge in [0.05, 0.1) is 11.4 Å². The number of ketones is 1. The number of carbonyl (C=O) groups excluding carboxylic acids is 1. The lowest BCUT2D eigenvalue weighted by Gasteiger charge is -2.04. The Kier molecular flexibility index (Phi) is 4.80. The Labute approximate surface area is 101 Å². The van der Waals surface area contributed by atoms with E-state index in [1.165, 1.54) is 12.1 Å². The molecule has 5 nitrogen and oxygen atoms in total. The molecule has 0 aliphatic heterocycles. The van der Waals surface area contributed by atoms with Gasteiger partial charge in [0.15, 0.2) is 0 Å². The molecule has 0 fully saturated rings. The van der Waals surface area contributed by atoms with Crippen LogP contribution in [0.4, 0.5) is 0 Å². The second-order valence-electron chi connectivity index (χ2n) is 3.68. The van der Waals surface area contributed by atoms with Gasteiger partial charge in [-0.2, -0.15) is 0 Å². The first kappa shape index (κ1) is 13.8. The molecule has 0 aliphatic carbocycles. The maximum atomic E-state index is 11.0. The highest BCUT2D eigenvalue weighted by atomic mass is 32.2. The van der Waals surface area contributed by atoms with Crippen molar-refractivity contribution in [2.24, 2.45) is 5.14 Å². The lowest BCUT2D eigenvalue weighted by Crippen LogP contribution is -2.21. The second-order valence-corrected chi connectivity index (χ2v) is 5.25. The summed E-state index contributed by atoms with van der Waals surface area (Å²) in [6, 6.07) is 6.24. The van der Waals surface area contributed by atoms with Crippen LogP contribution in [0.25, 0.3) is 0 Å². The van der Waals surface area contributed by atoms with Crippen LogP contribution in [0.5, 0.6) is 0 Å². The predicted octanol–water partition coefficient (Wildman–Crippen LogP) is 0.403. The Hall–Kier alpha value is -1.24. The van der Waals surface area contributed by atoms with Crippen molar-refractivity contribution in [1.29, 1.82) is 0 Å². The van der Waals surface area contributed by atoms with Gasteiger partial charge in [0.2, 0.25) is 10.0 Å². The molecule has 6 heteroatoms. The van der Waals surface area contributed by atoms with Crippen molar-refractivity contribution in [3.05, 3.63) is 29.8 Å². The molecular weight excluding hydrogens is 240 g/mol. The fraction of sp³-hybridized carbons (Fsp3) is 0.364. The predicted molar refractivity (Wildman–Crippen MR) is 64.8 cm³/mol. The molecule has 0 unspecified atom stereocenters. The number of carbonyl (C=O) groups is 1. The summed E-state index contributed by atoms with van der Waals surface area (Å²) in [5, 5.41) is 7.96. The summed E-state index contributed by atoms with van der Waals surface area (Å²) in [5.74, 6) is 0.145. The summed E-state index contributed by atoms with van der Waals surface area (Å²) in [4.78, 5) is 11.1. The molecule has 94 valence electrons. The standard InChI is InChI=1S/C11H16N2O3S/c1-2-10(14)8-13-7-9-3-5-11(6-4-9)17(12,15)16/h3-6,13H,2,7-8H2,1H3,(H2,12,15,16). The van der Waals surface area contributed by atoms with Crippen LogP contribution in [0.1, 0.15) is 18.9 Å². The molecule has 1 aromatic carbocycles. The average molecular weight is 256 g/mol. The minimum atomic E-state index is -3.63. The first-order valence-corrected chi connectivity index (χ1v) is 6.82. The summed E-state index contributed by atoms with van der Waals surface area (Å²) >= 11 is 0. The summed E-state index contributed by atoms with van der Waals surface area (Å²) in [6.07, 6.45) is 0.511. The Morgan fingerprint density at radius 3 is 2.35 bits per heavy atom. The van der Waals surface area contributed by atoms with E-state index in [0.717, 1.165) is 5.56 Å². The van der Waals surface area contributed by atoms with Crippen molar-refractivity contribution in [2.45, 2.75) is 24.8 Å². The smallest absolute Gasteiger partial charge is 0.238 e. The van der Waals surface area contributed by atoms with Crippen molar-refractivity contribution in [3.63, 3.8) is 0 Å². The molecule has 0 radical (unpaired) electrons. The number of nitrogens with one attached hydrogen (secondary N) is 1. The van der Waals surface area contributed by atoms with Gasteiger partial charge < -0.3 is 5.32 Å². The molecule has 0 aromatic heterocycles. The SMILES string of the molecule is CCC(=O)CNCc1ccc(S(N)(=O)=O)cc1. The van der Waals surface area contributed by atoms with E-state index < -0.39 is 10.0 Å². The Morgan fingerprint density at radius 1 is 1.29 bits per heavy atom. The quantitative estimate of drug-likeness (QED) is 0.771. The van der Waals surface area contributed by atoms with Crippen LogP contribution in [0, 0.1) is 0 Å². The largest absolute Gasteiger partial charge is 0.306 e. The van der Waals surface area contributed by atoms with Crippen molar-refractivity contribution >= 4 is 15.8 Å². The normalized spacial score (nSPS) is 11.4. The minimum absolute atomic E-state index is 0.0888. The first-order chi connectivity index (χ1) is 7.93. The van der Waals surface area contributed by atoms with E-state index in [1.54, 1.807) is 12.1 Å². The summed E-state index contributed by atoms with van der Waals surface area (Å²) < 4.78 is 22.0. The summed E-state index contributed by atoms with van der Waals surface area (Å²) in [5.41, 5.74) is 0.904. The molecule has 0 spiro atoms. The molecule has 1 aromatic rings. The van der Waals surface area contributed by atoms with Crippen LogP contribution in [-0.2, 0) is 21.4 Å². The van der Waals surface area contributed by atoms with Gasteiger partial charge in [0.1, 0.15) is 5.78 Å². The molecule has 0 amide bonds. The van der Waals surface area contributed by atoms with E-state index in [9.17, 15) is 13.2 Å². The van der Waals surface area contributed by atoms with Crippen LogP contribution < -0.4 is 10.5 Å². The van der Waals surface area contributed by atoms with Crippen LogP contribution >= 0.6 is 0 Å². The number of rotatable bonds is 6. The van der Waals surface area contributed by atoms with Crippen molar-refractivity contribution in [2.75, 3.05) is 6.54 Å². The number of Topliss-reactive ketones (excluding diaryl/α,β-unsaturated/α-hetero) is 1. The molecule has 0 aliphatic rings. The maximum absolute atomic E-state index is 11.0.